The van der Waals surface area contributed by atoms with Crippen molar-refractivity contribution in [2.75, 3.05) is 6.61 Å². The Kier molecular flexibility index (Phi) is 5.29. The molecular formula is C17H21NO5S. The van der Waals surface area contributed by atoms with Crippen LogP contribution >= 0.6 is 11.3 Å². The van der Waals surface area contributed by atoms with Gasteiger partial charge in [0, 0.05) is 11.8 Å². The van der Waals surface area contributed by atoms with Crippen molar-refractivity contribution in [2.24, 2.45) is 0 Å². The van der Waals surface area contributed by atoms with Crippen LogP contribution < -0.4 is 0 Å². The zero-order valence-electron chi connectivity index (χ0n) is 13.2. The van der Waals surface area contributed by atoms with Gasteiger partial charge in [0.15, 0.2) is 0 Å². The maximum atomic E-state index is 10.2. The Balaban J connectivity index is 1.75. The van der Waals surface area contributed by atoms with Crippen LogP contribution in [-0.2, 0) is 11.2 Å². The molecule has 1 aromatic heterocycles. The third-order valence-electron chi connectivity index (χ3n) is 4.21. The van der Waals surface area contributed by atoms with Gasteiger partial charge in [0.05, 0.1) is 12.3 Å². The van der Waals surface area contributed by atoms with Crippen molar-refractivity contribution >= 4 is 11.3 Å². The Morgan fingerprint density at radius 3 is 2.46 bits per heavy atom. The predicted octanol–water partition coefficient (Wildman–Crippen LogP) is 0.557. The van der Waals surface area contributed by atoms with Crippen LogP contribution in [0.2, 0.25) is 0 Å². The monoisotopic (exact) mass is 351 g/mol. The quantitative estimate of drug-likeness (QED) is 0.642. The van der Waals surface area contributed by atoms with Crippen LogP contribution in [0.15, 0.2) is 29.6 Å². The molecule has 7 heteroatoms. The fourth-order valence-corrected chi connectivity index (χ4v) is 3.65. The number of hydrogen-bond acceptors (Lipinski definition) is 7. The number of hydrogen-bond donors (Lipinski definition) is 4. The van der Waals surface area contributed by atoms with Crippen molar-refractivity contribution in [1.29, 1.82) is 0 Å². The Bertz CT molecular complexity index is 672. The molecule has 1 aliphatic rings. The van der Waals surface area contributed by atoms with E-state index >= 15 is 0 Å². The van der Waals surface area contributed by atoms with Gasteiger partial charge in [-0.3, -0.25) is 0 Å². The van der Waals surface area contributed by atoms with Gasteiger partial charge in [-0.05, 0) is 12.5 Å². The number of ether oxygens (including phenoxy) is 1. The minimum atomic E-state index is -1.38. The molecule has 0 radical (unpaired) electrons. The van der Waals surface area contributed by atoms with Crippen molar-refractivity contribution < 1.29 is 25.2 Å². The number of aryl methyl sites for hydroxylation is 1. The third kappa shape index (κ3) is 3.51. The summed E-state index contributed by atoms with van der Waals surface area (Å²) in [6.07, 6.45) is -5.15. The minimum Gasteiger partial charge on any atom is -0.394 e. The molecule has 130 valence electrons. The van der Waals surface area contributed by atoms with Crippen LogP contribution in [0, 0.1) is 6.92 Å². The van der Waals surface area contributed by atoms with Crippen LogP contribution in [0.3, 0.4) is 0 Å². The Labute approximate surface area is 144 Å². The van der Waals surface area contributed by atoms with Crippen LogP contribution in [-0.4, -0.2) is 56.4 Å². The van der Waals surface area contributed by atoms with Crippen molar-refractivity contribution in [1.82, 2.24) is 4.98 Å². The molecule has 0 bridgehead atoms. The lowest BCUT2D eigenvalue weighted by Gasteiger charge is -2.39. The van der Waals surface area contributed by atoms with Crippen molar-refractivity contribution in [3.05, 3.63) is 51.5 Å². The summed E-state index contributed by atoms with van der Waals surface area (Å²) in [5.74, 6) is 0. The van der Waals surface area contributed by atoms with E-state index in [0.717, 1.165) is 11.3 Å². The fraction of sp³-hybridized carbons (Fsp3) is 0.471. The Morgan fingerprint density at radius 1 is 1.08 bits per heavy atom. The zero-order valence-corrected chi connectivity index (χ0v) is 14.1. The molecule has 0 unspecified atom stereocenters. The first-order valence-corrected chi connectivity index (χ1v) is 8.68. The van der Waals surface area contributed by atoms with Crippen LogP contribution in [0.5, 0.6) is 0 Å². The average molecular weight is 351 g/mol. The van der Waals surface area contributed by atoms with Gasteiger partial charge in [0.2, 0.25) is 0 Å². The molecule has 2 aromatic rings. The lowest BCUT2D eigenvalue weighted by molar-refractivity contribution is -0.231. The second-order valence-electron chi connectivity index (χ2n) is 6.09. The van der Waals surface area contributed by atoms with Gasteiger partial charge in [-0.2, -0.15) is 0 Å². The first kappa shape index (κ1) is 17.5. The van der Waals surface area contributed by atoms with Crippen molar-refractivity contribution in [3.63, 3.8) is 0 Å². The van der Waals surface area contributed by atoms with E-state index in [-0.39, 0.29) is 0 Å². The Hall–Kier alpha value is -1.35. The molecule has 1 fully saturated rings. The maximum absolute atomic E-state index is 10.2. The molecule has 1 saturated heterocycles. The number of benzene rings is 1. The second kappa shape index (κ2) is 7.26. The second-order valence-corrected chi connectivity index (χ2v) is 6.98. The number of aliphatic hydroxyl groups is 4. The first-order valence-electron chi connectivity index (χ1n) is 7.80. The van der Waals surface area contributed by atoms with E-state index in [2.05, 4.69) is 4.98 Å². The largest absolute Gasteiger partial charge is 0.394 e. The SMILES string of the molecule is Cc1ccc(Cc2csc([C@@H]3O[C@H](CO)[C@@H](O)[C@H](O)[C@H]3O)n2)cc1. The van der Waals surface area contributed by atoms with E-state index in [1.807, 2.05) is 36.6 Å². The standard InChI is InChI=1S/C17H21NO5S/c1-9-2-4-10(5-3-9)6-11-8-24-17(18-11)16-15(22)14(21)13(20)12(7-19)23-16/h2-5,8,12-16,19-22H,6-7H2,1H3/t12-,13-,14+,15-,16-/m1/s1. The van der Waals surface area contributed by atoms with E-state index in [1.54, 1.807) is 0 Å². The van der Waals surface area contributed by atoms with Gasteiger partial charge in [-0.15, -0.1) is 11.3 Å². The summed E-state index contributed by atoms with van der Waals surface area (Å²) in [5.41, 5.74) is 3.17. The van der Waals surface area contributed by atoms with Gasteiger partial charge in [-0.25, -0.2) is 4.98 Å². The average Bonchev–Trinajstić information content (AvgIpc) is 3.03. The summed E-state index contributed by atoms with van der Waals surface area (Å²) in [7, 11) is 0. The predicted molar refractivity (Wildman–Crippen MR) is 88.8 cm³/mol. The topological polar surface area (TPSA) is 103 Å². The third-order valence-corrected chi connectivity index (χ3v) is 5.17. The number of aromatic nitrogens is 1. The van der Waals surface area contributed by atoms with Crippen LogP contribution in [0.1, 0.15) is 27.9 Å². The van der Waals surface area contributed by atoms with Crippen molar-refractivity contribution in [3.8, 4) is 0 Å². The molecule has 24 heavy (non-hydrogen) atoms. The van der Waals surface area contributed by atoms with Gasteiger partial charge < -0.3 is 25.2 Å². The highest BCUT2D eigenvalue weighted by Crippen LogP contribution is 2.34. The highest BCUT2D eigenvalue weighted by molar-refractivity contribution is 7.09. The van der Waals surface area contributed by atoms with Crippen LogP contribution in [0.4, 0.5) is 0 Å². The molecule has 6 nitrogen and oxygen atoms in total. The molecule has 3 rings (SSSR count). The number of nitrogens with zero attached hydrogens (tertiary/aromatic N) is 1. The molecule has 0 spiro atoms. The van der Waals surface area contributed by atoms with Gasteiger partial charge in [0.25, 0.3) is 0 Å². The van der Waals surface area contributed by atoms with E-state index < -0.39 is 37.1 Å². The summed E-state index contributed by atoms with van der Waals surface area (Å²) < 4.78 is 5.53. The zero-order chi connectivity index (χ0) is 17.3. The molecule has 0 saturated carbocycles. The number of thiazole rings is 1. The highest BCUT2D eigenvalue weighted by Gasteiger charge is 2.45. The van der Waals surface area contributed by atoms with Crippen LogP contribution in [0.25, 0.3) is 0 Å². The summed E-state index contributed by atoms with van der Waals surface area (Å²) >= 11 is 1.33. The lowest BCUT2D eigenvalue weighted by Crippen LogP contribution is -2.55. The molecule has 5 atom stereocenters. The molecule has 1 aliphatic heterocycles. The van der Waals surface area contributed by atoms with E-state index in [9.17, 15) is 20.4 Å². The summed E-state index contributed by atoms with van der Waals surface area (Å²) in [5, 5.41) is 41.5. The normalized spacial score (nSPS) is 30.5. The molecule has 0 aliphatic carbocycles. The first-order chi connectivity index (χ1) is 11.5. The number of rotatable bonds is 4. The van der Waals surface area contributed by atoms with E-state index in [4.69, 9.17) is 4.74 Å². The van der Waals surface area contributed by atoms with Gasteiger partial charge >= 0.3 is 0 Å². The van der Waals surface area contributed by atoms with Gasteiger partial charge in [-0.1, -0.05) is 29.8 Å². The molecule has 4 N–H and O–H groups in total. The minimum absolute atomic E-state index is 0.441. The van der Waals surface area contributed by atoms with E-state index in [1.165, 1.54) is 16.9 Å². The number of aliphatic hydroxyl groups excluding tert-OH is 4. The van der Waals surface area contributed by atoms with Crippen molar-refractivity contribution in [2.45, 2.75) is 43.9 Å². The summed E-state index contributed by atoms with van der Waals surface area (Å²) in [6.45, 7) is 1.59. The Morgan fingerprint density at radius 2 is 1.79 bits per heavy atom. The molecular weight excluding hydrogens is 330 g/mol. The fourth-order valence-electron chi connectivity index (χ4n) is 2.76. The smallest absolute Gasteiger partial charge is 0.138 e. The summed E-state index contributed by atoms with van der Waals surface area (Å²) in [4.78, 5) is 4.49. The van der Waals surface area contributed by atoms with E-state index in [0.29, 0.717) is 11.4 Å². The molecule has 2 heterocycles. The van der Waals surface area contributed by atoms with Gasteiger partial charge in [0.1, 0.15) is 35.5 Å². The summed E-state index contributed by atoms with van der Waals surface area (Å²) in [6, 6.07) is 8.17. The highest BCUT2D eigenvalue weighted by atomic mass is 32.1. The molecule has 0 amide bonds. The maximum Gasteiger partial charge on any atom is 0.138 e. The molecule has 1 aromatic carbocycles. The lowest BCUT2D eigenvalue weighted by atomic mass is 9.95.